The summed E-state index contributed by atoms with van der Waals surface area (Å²) in [6, 6.07) is 1.38. The van der Waals surface area contributed by atoms with Crippen molar-refractivity contribution < 1.29 is 4.74 Å². The van der Waals surface area contributed by atoms with Crippen molar-refractivity contribution in [1.82, 2.24) is 4.90 Å². The molecule has 0 N–H and O–H groups in total. The lowest BCUT2D eigenvalue weighted by molar-refractivity contribution is 0.185. The summed E-state index contributed by atoms with van der Waals surface area (Å²) in [5, 5.41) is 0. The van der Waals surface area contributed by atoms with Gasteiger partial charge in [-0.25, -0.2) is 0 Å². The second-order valence-electron chi connectivity index (χ2n) is 9.33. The van der Waals surface area contributed by atoms with Gasteiger partial charge in [0.05, 0.1) is 5.76 Å². The van der Waals surface area contributed by atoms with Crippen molar-refractivity contribution >= 4 is 0 Å². The molecule has 0 aromatic rings. The third-order valence-corrected chi connectivity index (χ3v) is 5.79. The van der Waals surface area contributed by atoms with Crippen LogP contribution in [0, 0.1) is 5.92 Å². The Hall–Kier alpha value is -2.06. The minimum Gasteiger partial charge on any atom is -0.462 e. The average Bonchev–Trinajstić information content (AvgIpc) is 3.23. The predicted octanol–water partition coefficient (Wildman–Crippen LogP) is 10.7. The van der Waals surface area contributed by atoms with E-state index in [1.807, 2.05) is 27.7 Å². The molecule has 0 aromatic carbocycles. The molecule has 0 fully saturated rings. The van der Waals surface area contributed by atoms with Crippen LogP contribution in [0.5, 0.6) is 0 Å². The van der Waals surface area contributed by atoms with E-state index in [-0.39, 0.29) is 0 Å². The maximum absolute atomic E-state index is 6.11. The molecular weight excluding hydrogens is 438 g/mol. The number of allylic oxidation sites excluding steroid dienone is 12. The normalized spacial score (nSPS) is 14.7. The van der Waals surface area contributed by atoms with E-state index in [2.05, 4.69) is 115 Å². The van der Waals surface area contributed by atoms with Gasteiger partial charge in [-0.05, 0) is 70.7 Å². The van der Waals surface area contributed by atoms with Crippen molar-refractivity contribution in [2.45, 2.75) is 121 Å². The van der Waals surface area contributed by atoms with Gasteiger partial charge in [-0.3, -0.25) is 4.90 Å². The molecule has 0 saturated heterocycles. The number of ether oxygens (including phenoxy) is 1. The molecule has 0 unspecified atom stereocenters. The Kier molecular flexibility index (Phi) is 22.2. The molecule has 0 spiro atoms. The first-order valence-corrected chi connectivity index (χ1v) is 14.4. The zero-order valence-corrected chi connectivity index (χ0v) is 25.9. The monoisotopic (exact) mass is 497 g/mol. The van der Waals surface area contributed by atoms with Crippen LogP contribution in [0.3, 0.4) is 0 Å². The Morgan fingerprint density at radius 1 is 0.889 bits per heavy atom. The van der Waals surface area contributed by atoms with Gasteiger partial charge in [-0.1, -0.05) is 110 Å². The van der Waals surface area contributed by atoms with Crippen LogP contribution < -0.4 is 0 Å². The molecule has 2 heteroatoms. The van der Waals surface area contributed by atoms with Crippen LogP contribution in [0.2, 0.25) is 0 Å². The van der Waals surface area contributed by atoms with Crippen LogP contribution in [0.1, 0.15) is 109 Å². The van der Waals surface area contributed by atoms with Gasteiger partial charge in [0, 0.05) is 24.4 Å². The lowest BCUT2D eigenvalue weighted by Gasteiger charge is -2.28. The highest BCUT2D eigenvalue weighted by atomic mass is 16.5. The van der Waals surface area contributed by atoms with Crippen LogP contribution in [-0.4, -0.2) is 23.5 Å². The molecule has 36 heavy (non-hydrogen) atoms. The fourth-order valence-corrected chi connectivity index (χ4v) is 3.84. The molecule has 2 aliphatic rings. The fourth-order valence-electron chi connectivity index (χ4n) is 3.84. The Balaban J connectivity index is 0. The summed E-state index contributed by atoms with van der Waals surface area (Å²) in [5.74, 6) is 2.11. The van der Waals surface area contributed by atoms with Crippen LogP contribution in [0.15, 0.2) is 83.4 Å². The van der Waals surface area contributed by atoms with Crippen molar-refractivity contribution in [2.75, 3.05) is 6.54 Å². The predicted molar refractivity (Wildman–Crippen MR) is 165 cm³/mol. The summed E-state index contributed by atoms with van der Waals surface area (Å²) in [5.41, 5.74) is 3.93. The van der Waals surface area contributed by atoms with Crippen molar-refractivity contribution in [3.05, 3.63) is 83.4 Å². The number of nitrogens with zero attached hydrogens (tertiary/aromatic N) is 1. The number of hydrogen-bond donors (Lipinski definition) is 0. The zero-order chi connectivity index (χ0) is 28.1. The molecule has 206 valence electrons. The first kappa shape index (κ1) is 36.1. The molecule has 2 rings (SSSR count). The van der Waals surface area contributed by atoms with E-state index in [4.69, 9.17) is 4.74 Å². The summed E-state index contributed by atoms with van der Waals surface area (Å²) < 4.78 is 6.11. The van der Waals surface area contributed by atoms with E-state index in [0.29, 0.717) is 18.0 Å². The Morgan fingerprint density at radius 2 is 1.50 bits per heavy atom. The summed E-state index contributed by atoms with van der Waals surface area (Å²) in [4.78, 5) is 2.46. The quantitative estimate of drug-likeness (QED) is 0.294. The molecule has 0 amide bonds. The summed E-state index contributed by atoms with van der Waals surface area (Å²) >= 11 is 0. The van der Waals surface area contributed by atoms with E-state index >= 15 is 0 Å². The smallest absolute Gasteiger partial charge is 0.126 e. The second kappa shape index (κ2) is 22.2. The van der Waals surface area contributed by atoms with Crippen molar-refractivity contribution in [3.63, 3.8) is 0 Å². The molecule has 0 saturated carbocycles. The summed E-state index contributed by atoms with van der Waals surface area (Å²) in [6.45, 7) is 30.8. The third kappa shape index (κ3) is 15.1. The lowest BCUT2D eigenvalue weighted by Crippen LogP contribution is -2.36. The van der Waals surface area contributed by atoms with Crippen LogP contribution in [-0.2, 0) is 4.74 Å². The molecular formula is C34H59NO. The lowest BCUT2D eigenvalue weighted by atomic mass is 10.00. The molecule has 0 radical (unpaired) electrons. The Bertz CT molecular complexity index is 761. The first-order valence-electron chi connectivity index (χ1n) is 14.4. The van der Waals surface area contributed by atoms with Gasteiger partial charge >= 0.3 is 0 Å². The van der Waals surface area contributed by atoms with Crippen molar-refractivity contribution in [3.8, 4) is 0 Å². The molecule has 0 bridgehead atoms. The van der Waals surface area contributed by atoms with Crippen molar-refractivity contribution in [2.24, 2.45) is 5.92 Å². The van der Waals surface area contributed by atoms with E-state index in [9.17, 15) is 0 Å². The summed E-state index contributed by atoms with van der Waals surface area (Å²) in [6.07, 6.45) is 21.5. The summed E-state index contributed by atoms with van der Waals surface area (Å²) in [7, 11) is 0. The van der Waals surface area contributed by atoms with Gasteiger partial charge in [0.25, 0.3) is 0 Å². The Morgan fingerprint density at radius 3 is 1.97 bits per heavy atom. The van der Waals surface area contributed by atoms with Crippen LogP contribution in [0.4, 0.5) is 0 Å². The number of rotatable bonds is 9. The van der Waals surface area contributed by atoms with Crippen molar-refractivity contribution in [1.29, 1.82) is 0 Å². The maximum Gasteiger partial charge on any atom is 0.126 e. The molecule has 2 nitrogen and oxygen atoms in total. The van der Waals surface area contributed by atoms with Gasteiger partial charge in [-0.15, -0.1) is 0 Å². The van der Waals surface area contributed by atoms with Gasteiger partial charge in [0.15, 0.2) is 0 Å². The average molecular weight is 498 g/mol. The first-order chi connectivity index (χ1) is 17.2. The zero-order valence-electron chi connectivity index (χ0n) is 25.9. The molecule has 0 heterocycles. The minimum atomic E-state index is 0.318. The van der Waals surface area contributed by atoms with Gasteiger partial charge in [0.2, 0.25) is 0 Å². The van der Waals surface area contributed by atoms with Gasteiger partial charge < -0.3 is 4.74 Å². The van der Waals surface area contributed by atoms with Gasteiger partial charge in [0.1, 0.15) is 5.76 Å². The van der Waals surface area contributed by atoms with Crippen LogP contribution in [0.25, 0.3) is 0 Å². The van der Waals surface area contributed by atoms with E-state index in [1.54, 1.807) is 0 Å². The molecule has 0 aromatic heterocycles. The SMILES string of the molecule is C=C(OC1=CCC=C(CC)C=C1CC1=CC=CCC=C1)C(C)C.CC.CC.CCN(C(C)C)C(C)C. The Labute approximate surface area is 226 Å². The second-order valence-corrected chi connectivity index (χ2v) is 9.33. The molecule has 0 atom stereocenters. The number of hydrogen-bond acceptors (Lipinski definition) is 2. The highest BCUT2D eigenvalue weighted by Crippen LogP contribution is 2.30. The molecule has 2 aliphatic carbocycles. The third-order valence-electron chi connectivity index (χ3n) is 5.79. The maximum atomic E-state index is 6.11. The highest BCUT2D eigenvalue weighted by molar-refractivity contribution is 5.43. The minimum absolute atomic E-state index is 0.318. The van der Waals surface area contributed by atoms with Crippen LogP contribution >= 0.6 is 0 Å². The highest BCUT2D eigenvalue weighted by Gasteiger charge is 2.14. The fraction of sp³-hybridized carbons (Fsp3) is 0.588. The largest absolute Gasteiger partial charge is 0.462 e. The van der Waals surface area contributed by atoms with E-state index < -0.39 is 0 Å². The molecule has 0 aliphatic heterocycles. The topological polar surface area (TPSA) is 12.5 Å². The van der Waals surface area contributed by atoms with E-state index in [0.717, 1.165) is 43.7 Å². The van der Waals surface area contributed by atoms with Gasteiger partial charge in [-0.2, -0.15) is 0 Å². The standard InChI is InChI=1S/C22H28O.C8H19N.2C2H6/c1-5-19-13-10-14-22(23-18(4)17(2)3)21(15-19)16-20-11-8-6-7-9-12-20;1-6-9(7(2)3)8(4)5;2*1-2/h6,8-9,11-15,17H,4-5,7,10,16H2,1-3H3;7-8H,6H2,1-5H3;2*1-2H3. The van der Waals surface area contributed by atoms with E-state index in [1.165, 1.54) is 16.7 Å².